The summed E-state index contributed by atoms with van der Waals surface area (Å²) < 4.78 is 4.96. The number of carbonyl (C=O) groups excluding carboxylic acids is 2. The lowest BCUT2D eigenvalue weighted by atomic mass is 10.3. The Morgan fingerprint density at radius 3 is 2.48 bits per heavy atom. The molecule has 1 amide bonds. The Morgan fingerprint density at radius 2 is 1.70 bits per heavy atom. The minimum Gasteiger partial charge on any atom is -0.451 e. The molecule has 0 saturated heterocycles. The van der Waals surface area contributed by atoms with E-state index in [1.807, 2.05) is 48.5 Å². The topological polar surface area (TPSA) is 107 Å². The summed E-state index contributed by atoms with van der Waals surface area (Å²) in [6.45, 7) is -0.459. The third-order valence-corrected chi connectivity index (χ3v) is 4.47. The van der Waals surface area contributed by atoms with Crippen molar-refractivity contribution in [3.63, 3.8) is 0 Å². The van der Waals surface area contributed by atoms with Crippen molar-refractivity contribution in [2.75, 3.05) is 17.7 Å². The summed E-state index contributed by atoms with van der Waals surface area (Å²) in [5.41, 5.74) is 6.08. The average molecular weight is 380 g/mol. The molecule has 0 aliphatic rings. The Bertz CT molecular complexity index is 950. The second-order valence-electron chi connectivity index (χ2n) is 5.33. The zero-order valence-electron chi connectivity index (χ0n) is 14.2. The van der Waals surface area contributed by atoms with Gasteiger partial charge in [-0.3, -0.25) is 4.79 Å². The molecule has 0 saturated carbocycles. The van der Waals surface area contributed by atoms with Gasteiger partial charge in [-0.1, -0.05) is 42.1 Å². The number of nitrogen functional groups attached to an aromatic ring is 1. The molecule has 0 radical (unpaired) electrons. The van der Waals surface area contributed by atoms with E-state index < -0.39 is 18.5 Å². The molecular formula is C19H16N4O3S. The molecule has 0 atom stereocenters. The number of aromatic nitrogens is 2. The fourth-order valence-electron chi connectivity index (χ4n) is 2.17. The van der Waals surface area contributed by atoms with Crippen molar-refractivity contribution in [1.29, 1.82) is 0 Å². The molecule has 136 valence electrons. The van der Waals surface area contributed by atoms with Crippen molar-refractivity contribution in [1.82, 2.24) is 9.97 Å². The molecule has 7 nitrogen and oxygen atoms in total. The van der Waals surface area contributed by atoms with Gasteiger partial charge in [0.25, 0.3) is 5.91 Å². The van der Waals surface area contributed by atoms with E-state index in [9.17, 15) is 9.59 Å². The molecular weight excluding hydrogens is 364 g/mol. The summed E-state index contributed by atoms with van der Waals surface area (Å²) in [5, 5.41) is 2.75. The van der Waals surface area contributed by atoms with Crippen LogP contribution >= 0.6 is 11.8 Å². The number of hydrogen-bond acceptors (Lipinski definition) is 7. The number of ether oxygens (including phenoxy) is 1. The second-order valence-corrected chi connectivity index (χ2v) is 6.44. The highest BCUT2D eigenvalue weighted by Gasteiger charge is 2.16. The van der Waals surface area contributed by atoms with Crippen molar-refractivity contribution in [2.24, 2.45) is 0 Å². The molecule has 2 aromatic carbocycles. The Morgan fingerprint density at radius 1 is 1.00 bits per heavy atom. The van der Waals surface area contributed by atoms with Crippen LogP contribution in [0.25, 0.3) is 0 Å². The van der Waals surface area contributed by atoms with Crippen LogP contribution in [0.2, 0.25) is 0 Å². The molecule has 0 bridgehead atoms. The fourth-order valence-corrected chi connectivity index (χ4v) is 3.09. The molecule has 8 heteroatoms. The lowest BCUT2D eigenvalue weighted by Gasteiger charge is -2.11. The van der Waals surface area contributed by atoms with Crippen LogP contribution in [0, 0.1) is 0 Å². The lowest BCUT2D eigenvalue weighted by molar-refractivity contribution is -0.119. The van der Waals surface area contributed by atoms with Crippen LogP contribution in [0.4, 0.5) is 11.5 Å². The second kappa shape index (κ2) is 8.81. The number of benzene rings is 2. The molecule has 0 spiro atoms. The van der Waals surface area contributed by atoms with E-state index in [0.717, 1.165) is 9.79 Å². The zero-order chi connectivity index (χ0) is 19.1. The van der Waals surface area contributed by atoms with Gasteiger partial charge in [0.2, 0.25) is 0 Å². The molecule has 0 aliphatic heterocycles. The number of para-hydroxylation sites is 1. The Kier molecular flexibility index (Phi) is 6.01. The lowest BCUT2D eigenvalue weighted by Crippen LogP contribution is -2.22. The quantitative estimate of drug-likeness (QED) is 0.633. The van der Waals surface area contributed by atoms with Crippen LogP contribution < -0.4 is 11.1 Å². The van der Waals surface area contributed by atoms with Crippen molar-refractivity contribution < 1.29 is 14.3 Å². The van der Waals surface area contributed by atoms with Crippen molar-refractivity contribution >= 4 is 35.1 Å². The summed E-state index contributed by atoms with van der Waals surface area (Å²) in [5.74, 6) is -1.32. The number of nitrogens with zero attached hydrogens (tertiary/aromatic N) is 2. The van der Waals surface area contributed by atoms with E-state index in [4.69, 9.17) is 10.5 Å². The maximum atomic E-state index is 12.2. The van der Waals surface area contributed by atoms with E-state index >= 15 is 0 Å². The van der Waals surface area contributed by atoms with Crippen LogP contribution in [0.15, 0.2) is 76.8 Å². The van der Waals surface area contributed by atoms with Crippen LogP contribution in [0.5, 0.6) is 0 Å². The zero-order valence-corrected chi connectivity index (χ0v) is 15.0. The van der Waals surface area contributed by atoms with Gasteiger partial charge in [-0.25, -0.2) is 14.8 Å². The SMILES string of the molecule is Nc1nccnc1C(=O)OCC(=O)Nc1ccccc1Sc1ccccc1. The number of amides is 1. The highest BCUT2D eigenvalue weighted by Crippen LogP contribution is 2.33. The number of hydrogen-bond donors (Lipinski definition) is 2. The predicted octanol–water partition coefficient (Wildman–Crippen LogP) is 3.01. The monoisotopic (exact) mass is 380 g/mol. The number of nitrogens with two attached hydrogens (primary N) is 1. The van der Waals surface area contributed by atoms with Gasteiger partial charge in [-0.05, 0) is 24.3 Å². The standard InChI is InChI=1S/C19H16N4O3S/c20-18-17(21-10-11-22-18)19(25)26-12-16(24)23-14-8-4-5-9-15(14)27-13-6-2-1-3-7-13/h1-11H,12H2,(H2,20,22)(H,23,24). The maximum absolute atomic E-state index is 12.2. The molecule has 3 rings (SSSR count). The van der Waals surface area contributed by atoms with Gasteiger partial charge in [0, 0.05) is 22.2 Å². The molecule has 1 aromatic heterocycles. The summed E-state index contributed by atoms with van der Waals surface area (Å²) in [7, 11) is 0. The van der Waals surface area contributed by atoms with Gasteiger partial charge in [0.05, 0.1) is 5.69 Å². The van der Waals surface area contributed by atoms with E-state index in [-0.39, 0.29) is 11.5 Å². The smallest absolute Gasteiger partial charge is 0.361 e. The minimum absolute atomic E-state index is 0.0486. The molecule has 0 fully saturated rings. The summed E-state index contributed by atoms with van der Waals surface area (Å²) in [6.07, 6.45) is 2.68. The Labute approximate surface area is 160 Å². The highest BCUT2D eigenvalue weighted by molar-refractivity contribution is 7.99. The van der Waals surface area contributed by atoms with Gasteiger partial charge >= 0.3 is 5.97 Å². The number of nitrogens with one attached hydrogen (secondary N) is 1. The third kappa shape index (κ3) is 5.05. The Balaban J connectivity index is 1.61. The molecule has 0 unspecified atom stereocenters. The first-order valence-corrected chi connectivity index (χ1v) is 8.80. The van der Waals surface area contributed by atoms with Gasteiger partial charge in [-0.15, -0.1) is 0 Å². The first kappa shape index (κ1) is 18.4. The molecule has 27 heavy (non-hydrogen) atoms. The molecule has 3 N–H and O–H groups in total. The summed E-state index contributed by atoms with van der Waals surface area (Å²) >= 11 is 1.52. The molecule has 3 aromatic rings. The number of esters is 1. The molecule has 1 heterocycles. The number of carbonyl (C=O) groups is 2. The molecule has 0 aliphatic carbocycles. The fraction of sp³-hybridized carbons (Fsp3) is 0.0526. The minimum atomic E-state index is -0.803. The van der Waals surface area contributed by atoms with Crippen LogP contribution in [-0.2, 0) is 9.53 Å². The number of rotatable bonds is 6. The Hall–Kier alpha value is -3.39. The van der Waals surface area contributed by atoms with Crippen molar-refractivity contribution in [3.05, 3.63) is 72.7 Å². The summed E-state index contributed by atoms with van der Waals surface area (Å²) in [6, 6.07) is 17.2. The van der Waals surface area contributed by atoms with E-state index in [1.54, 1.807) is 6.07 Å². The normalized spacial score (nSPS) is 10.2. The van der Waals surface area contributed by atoms with Crippen molar-refractivity contribution in [3.8, 4) is 0 Å². The first-order valence-electron chi connectivity index (χ1n) is 7.99. The summed E-state index contributed by atoms with van der Waals surface area (Å²) in [4.78, 5) is 33.6. The van der Waals surface area contributed by atoms with Gasteiger partial charge in [0.1, 0.15) is 0 Å². The van der Waals surface area contributed by atoms with E-state index in [1.165, 1.54) is 24.2 Å². The predicted molar refractivity (Wildman–Crippen MR) is 102 cm³/mol. The van der Waals surface area contributed by atoms with Gasteiger partial charge in [-0.2, -0.15) is 0 Å². The first-order chi connectivity index (χ1) is 13.1. The van der Waals surface area contributed by atoms with E-state index in [0.29, 0.717) is 5.69 Å². The number of anilines is 2. The van der Waals surface area contributed by atoms with Crippen molar-refractivity contribution in [2.45, 2.75) is 9.79 Å². The van der Waals surface area contributed by atoms with Crippen LogP contribution in [0.1, 0.15) is 10.5 Å². The van der Waals surface area contributed by atoms with Crippen LogP contribution in [-0.4, -0.2) is 28.5 Å². The van der Waals surface area contributed by atoms with Gasteiger partial charge < -0.3 is 15.8 Å². The van der Waals surface area contributed by atoms with Crippen LogP contribution in [0.3, 0.4) is 0 Å². The largest absolute Gasteiger partial charge is 0.451 e. The third-order valence-electron chi connectivity index (χ3n) is 3.39. The average Bonchev–Trinajstić information content (AvgIpc) is 2.69. The maximum Gasteiger partial charge on any atom is 0.361 e. The van der Waals surface area contributed by atoms with Gasteiger partial charge in [0.15, 0.2) is 18.1 Å². The van der Waals surface area contributed by atoms with E-state index in [2.05, 4.69) is 15.3 Å². The highest BCUT2D eigenvalue weighted by atomic mass is 32.2.